The number of amides is 1. The van der Waals surface area contributed by atoms with E-state index >= 15 is 0 Å². The molecule has 0 aromatic carbocycles. The third-order valence-corrected chi connectivity index (χ3v) is 2.96. The monoisotopic (exact) mass is 274 g/mol. The summed E-state index contributed by atoms with van der Waals surface area (Å²) >= 11 is 0. The molecule has 0 aliphatic carbocycles. The lowest BCUT2D eigenvalue weighted by atomic mass is 10.1. The van der Waals surface area contributed by atoms with Crippen molar-refractivity contribution in [3.63, 3.8) is 0 Å². The number of fused-ring (bicyclic) bond motifs is 1. The minimum atomic E-state index is -0.248. The van der Waals surface area contributed by atoms with Gasteiger partial charge in [-0.2, -0.15) is 0 Å². The number of nitrogens with zero attached hydrogens (tertiary/aromatic N) is 3. The van der Waals surface area contributed by atoms with Gasteiger partial charge in [-0.25, -0.2) is 9.97 Å². The summed E-state index contributed by atoms with van der Waals surface area (Å²) in [6.45, 7) is 4.79. The van der Waals surface area contributed by atoms with Gasteiger partial charge in [0.15, 0.2) is 5.65 Å². The predicted molar refractivity (Wildman–Crippen MR) is 76.3 cm³/mol. The van der Waals surface area contributed by atoms with Gasteiger partial charge < -0.3 is 5.32 Å². The Kier molecular flexibility index (Phi) is 4.45. The Hall–Kier alpha value is -2.24. The molecular weight excluding hydrogens is 256 g/mol. The molecule has 0 radical (unpaired) electrons. The van der Waals surface area contributed by atoms with Crippen molar-refractivity contribution in [1.82, 2.24) is 19.9 Å². The fraction of sp³-hybridized carbons (Fsp3) is 0.429. The molecule has 0 unspecified atom stereocenters. The van der Waals surface area contributed by atoms with Gasteiger partial charge in [0.05, 0.1) is 5.39 Å². The summed E-state index contributed by atoms with van der Waals surface area (Å²) in [5.41, 5.74) is 0.149. The first-order valence-corrected chi connectivity index (χ1v) is 6.65. The second kappa shape index (κ2) is 6.27. The number of pyridine rings is 1. The van der Waals surface area contributed by atoms with Crippen LogP contribution in [0.3, 0.4) is 0 Å². The molecule has 6 heteroatoms. The highest BCUT2D eigenvalue weighted by Gasteiger charge is 2.08. The summed E-state index contributed by atoms with van der Waals surface area (Å²) in [6.07, 6.45) is 3.86. The Bertz CT molecular complexity index is 664. The van der Waals surface area contributed by atoms with E-state index in [0.29, 0.717) is 23.5 Å². The Balaban J connectivity index is 2.08. The Morgan fingerprint density at radius 1 is 1.40 bits per heavy atom. The third-order valence-electron chi connectivity index (χ3n) is 2.96. The number of rotatable bonds is 5. The number of carbonyl (C=O) groups excluding carboxylic acids is 1. The van der Waals surface area contributed by atoms with Crippen LogP contribution in [0.5, 0.6) is 0 Å². The van der Waals surface area contributed by atoms with Crippen molar-refractivity contribution in [2.24, 2.45) is 5.92 Å². The van der Waals surface area contributed by atoms with Gasteiger partial charge in [0.2, 0.25) is 5.91 Å². The van der Waals surface area contributed by atoms with Crippen LogP contribution < -0.4 is 10.9 Å². The van der Waals surface area contributed by atoms with E-state index in [1.165, 1.54) is 10.9 Å². The van der Waals surface area contributed by atoms with E-state index < -0.39 is 0 Å². The van der Waals surface area contributed by atoms with Crippen LogP contribution in [0, 0.1) is 5.92 Å². The van der Waals surface area contributed by atoms with E-state index in [1.54, 1.807) is 18.3 Å². The average Bonchev–Trinajstić information content (AvgIpc) is 2.42. The maximum atomic E-state index is 12.1. The molecule has 0 fully saturated rings. The van der Waals surface area contributed by atoms with Crippen molar-refractivity contribution >= 4 is 16.9 Å². The molecule has 0 aliphatic rings. The van der Waals surface area contributed by atoms with Gasteiger partial charge in [-0.1, -0.05) is 13.8 Å². The van der Waals surface area contributed by atoms with Crippen LogP contribution in [0.1, 0.15) is 20.3 Å². The van der Waals surface area contributed by atoms with E-state index in [1.807, 2.05) is 0 Å². The fourth-order valence-electron chi connectivity index (χ4n) is 1.82. The first-order valence-electron chi connectivity index (χ1n) is 6.65. The lowest BCUT2D eigenvalue weighted by molar-refractivity contribution is -0.121. The van der Waals surface area contributed by atoms with Gasteiger partial charge >= 0.3 is 0 Å². The van der Waals surface area contributed by atoms with Crippen molar-refractivity contribution in [2.45, 2.75) is 26.8 Å². The van der Waals surface area contributed by atoms with E-state index in [-0.39, 0.29) is 18.0 Å². The third kappa shape index (κ3) is 3.40. The lowest BCUT2D eigenvalue weighted by Crippen LogP contribution is -2.33. The number of hydrogen-bond donors (Lipinski definition) is 1. The molecule has 2 rings (SSSR count). The molecule has 2 aromatic rings. The molecule has 0 spiro atoms. The van der Waals surface area contributed by atoms with Crippen molar-refractivity contribution < 1.29 is 4.79 Å². The van der Waals surface area contributed by atoms with Gasteiger partial charge in [-0.3, -0.25) is 14.2 Å². The maximum absolute atomic E-state index is 12.1. The minimum absolute atomic E-state index is 0.0191. The molecule has 0 saturated heterocycles. The van der Waals surface area contributed by atoms with Crippen LogP contribution in [-0.4, -0.2) is 27.0 Å². The molecule has 2 heterocycles. The number of aromatic nitrogens is 3. The summed E-state index contributed by atoms with van der Waals surface area (Å²) in [5.74, 6) is 0.351. The standard InChI is InChI=1S/C14H18N4O2/c1-10(2)5-7-15-12(19)8-18-9-17-13-11(14(18)20)4-3-6-16-13/h3-4,6,9-10H,5,7-8H2,1-2H3,(H,15,19). The molecule has 0 aliphatic heterocycles. The maximum Gasteiger partial charge on any atom is 0.263 e. The van der Waals surface area contributed by atoms with Crippen molar-refractivity contribution in [2.75, 3.05) is 6.54 Å². The van der Waals surface area contributed by atoms with Crippen LogP contribution in [0.25, 0.3) is 11.0 Å². The molecule has 0 saturated carbocycles. The largest absolute Gasteiger partial charge is 0.355 e. The lowest BCUT2D eigenvalue weighted by Gasteiger charge is -2.08. The molecule has 2 aromatic heterocycles. The predicted octanol–water partition coefficient (Wildman–Crippen LogP) is 0.954. The topological polar surface area (TPSA) is 76.9 Å². The zero-order chi connectivity index (χ0) is 14.5. The highest BCUT2D eigenvalue weighted by molar-refractivity contribution is 5.77. The first kappa shape index (κ1) is 14.2. The Morgan fingerprint density at radius 2 is 2.20 bits per heavy atom. The van der Waals surface area contributed by atoms with E-state index in [9.17, 15) is 9.59 Å². The molecule has 6 nitrogen and oxygen atoms in total. The summed E-state index contributed by atoms with van der Waals surface area (Å²) in [4.78, 5) is 32.0. The van der Waals surface area contributed by atoms with Crippen molar-refractivity contribution in [3.05, 3.63) is 35.0 Å². The zero-order valence-corrected chi connectivity index (χ0v) is 11.7. The average molecular weight is 274 g/mol. The van der Waals surface area contributed by atoms with Crippen LogP contribution in [-0.2, 0) is 11.3 Å². The Morgan fingerprint density at radius 3 is 2.95 bits per heavy atom. The summed E-state index contributed by atoms with van der Waals surface area (Å²) in [7, 11) is 0. The van der Waals surface area contributed by atoms with Gasteiger partial charge in [0.25, 0.3) is 5.56 Å². The summed E-state index contributed by atoms with van der Waals surface area (Å²) in [5, 5.41) is 3.22. The smallest absolute Gasteiger partial charge is 0.263 e. The van der Waals surface area contributed by atoms with Gasteiger partial charge in [0.1, 0.15) is 12.9 Å². The molecular formula is C14H18N4O2. The van der Waals surface area contributed by atoms with E-state index in [2.05, 4.69) is 29.1 Å². The second-order valence-corrected chi connectivity index (χ2v) is 5.08. The number of carbonyl (C=O) groups is 1. The summed E-state index contributed by atoms with van der Waals surface area (Å²) in [6, 6.07) is 3.34. The second-order valence-electron chi connectivity index (χ2n) is 5.08. The van der Waals surface area contributed by atoms with Crippen LogP contribution >= 0.6 is 0 Å². The van der Waals surface area contributed by atoms with Gasteiger partial charge in [-0.05, 0) is 24.5 Å². The van der Waals surface area contributed by atoms with Gasteiger partial charge in [-0.15, -0.1) is 0 Å². The molecule has 20 heavy (non-hydrogen) atoms. The molecule has 1 N–H and O–H groups in total. The SMILES string of the molecule is CC(C)CCNC(=O)Cn1cnc2ncccc2c1=O. The quantitative estimate of drug-likeness (QED) is 0.880. The fourth-order valence-corrected chi connectivity index (χ4v) is 1.82. The van der Waals surface area contributed by atoms with Crippen molar-refractivity contribution in [1.29, 1.82) is 0 Å². The van der Waals surface area contributed by atoms with E-state index in [4.69, 9.17) is 0 Å². The minimum Gasteiger partial charge on any atom is -0.355 e. The van der Waals surface area contributed by atoms with Crippen LogP contribution in [0.4, 0.5) is 0 Å². The van der Waals surface area contributed by atoms with Crippen LogP contribution in [0.2, 0.25) is 0 Å². The highest BCUT2D eigenvalue weighted by Crippen LogP contribution is 2.01. The first-order chi connectivity index (χ1) is 9.58. The number of nitrogens with one attached hydrogen (secondary N) is 1. The Labute approximate surface area is 116 Å². The molecule has 0 atom stereocenters. The van der Waals surface area contributed by atoms with Crippen LogP contribution in [0.15, 0.2) is 29.5 Å². The van der Waals surface area contributed by atoms with Gasteiger partial charge in [0, 0.05) is 12.7 Å². The normalized spacial score (nSPS) is 10.9. The summed E-state index contributed by atoms with van der Waals surface area (Å²) < 4.78 is 1.30. The number of hydrogen-bond acceptors (Lipinski definition) is 4. The highest BCUT2D eigenvalue weighted by atomic mass is 16.2. The molecule has 1 amide bonds. The van der Waals surface area contributed by atoms with Crippen molar-refractivity contribution in [3.8, 4) is 0 Å². The van der Waals surface area contributed by atoms with E-state index in [0.717, 1.165) is 6.42 Å². The molecule has 106 valence electrons. The zero-order valence-electron chi connectivity index (χ0n) is 11.7. The molecule has 0 bridgehead atoms.